The summed E-state index contributed by atoms with van der Waals surface area (Å²) in [4.78, 5) is 27.5. The third-order valence-corrected chi connectivity index (χ3v) is 8.25. The zero-order valence-corrected chi connectivity index (χ0v) is 26.6. The van der Waals surface area contributed by atoms with Gasteiger partial charge < -0.3 is 15.3 Å². The molecule has 5 heterocycles. The molecular weight excluding hydrogens is 779 g/mol. The number of hydrogen-bond acceptors (Lipinski definition) is 3. The van der Waals surface area contributed by atoms with Crippen LogP contribution in [0.5, 0.6) is 0 Å². The highest BCUT2D eigenvalue weighted by Crippen LogP contribution is 2.62. The van der Waals surface area contributed by atoms with E-state index >= 15 is 0 Å². The number of nitrogens with one attached hydrogen (secondary N) is 3. The summed E-state index contributed by atoms with van der Waals surface area (Å²) in [5.41, 5.74) is 2.11. The Hall–Kier alpha value is -5.76. The third kappa shape index (κ3) is 6.27. The number of H-pyrrole nitrogens is 2. The smallest absolute Gasteiger partial charge is 0.355 e. The van der Waals surface area contributed by atoms with E-state index in [9.17, 15) is 70.7 Å². The fourth-order valence-corrected chi connectivity index (χ4v) is 5.38. The summed E-state index contributed by atoms with van der Waals surface area (Å²) in [5, 5.41) is 1.12. The van der Waals surface area contributed by atoms with Gasteiger partial charge in [0.05, 0.1) is 22.8 Å². The Morgan fingerprint density at radius 2 is 0.982 bits per heavy atom. The maximum atomic E-state index is 14.9. The van der Waals surface area contributed by atoms with Crippen LogP contribution in [-0.4, -0.2) is 67.6 Å². The number of benzene rings is 1. The van der Waals surface area contributed by atoms with Gasteiger partial charge in [0, 0.05) is 38.9 Å². The normalized spacial score (nSPS) is 14.4. The fraction of sp³-hybridized carbons (Fsp3) is 0.206. The molecule has 0 saturated heterocycles. The number of nitrogens with zero attached hydrogens (tertiary/aromatic N) is 2. The highest BCUT2D eigenvalue weighted by molar-refractivity contribution is 6.02. The number of carbonyl (C=O) groups excluding carboxylic acids is 1. The van der Waals surface area contributed by atoms with Crippen molar-refractivity contribution in [3.8, 4) is 11.1 Å². The van der Waals surface area contributed by atoms with E-state index in [4.69, 9.17) is 0 Å². The lowest BCUT2D eigenvalue weighted by Crippen LogP contribution is -2.73. The first-order valence-electron chi connectivity index (χ1n) is 15.1. The molecule has 290 valence electrons. The van der Waals surface area contributed by atoms with Gasteiger partial charge in [-0.1, -0.05) is 18.2 Å². The summed E-state index contributed by atoms with van der Waals surface area (Å²) in [5.74, 6) is -52.3. The zero-order chi connectivity index (χ0) is 40.6. The van der Waals surface area contributed by atoms with Crippen molar-refractivity contribution in [3.05, 3.63) is 89.5 Å². The van der Waals surface area contributed by atoms with Gasteiger partial charge in [-0.05, 0) is 72.8 Å². The Balaban J connectivity index is 1.43. The minimum absolute atomic E-state index is 0.0128. The standard InChI is InChI=1S/C34H18F15N5O/c35-28(36,29(37,38)30(39,40)31(41,42)32(43,44)33(45,46)34(47,48)49)27(55)54-25-4-2-1-3-23(25)24-14-22-13-20-8-7-18(51-20)11-16-5-6-17(50-16)12-19-9-10-21(52-19)15-26(24)53-22/h1-15,51,53H,(H,54,55). The number of fused-ring (bicyclic) bond motifs is 8. The topological polar surface area (TPSA) is 86.5 Å². The van der Waals surface area contributed by atoms with Crippen LogP contribution in [0.1, 0.15) is 22.8 Å². The molecular formula is C34H18F15N5O. The van der Waals surface area contributed by atoms with E-state index < -0.39 is 53.3 Å². The monoisotopic (exact) mass is 797 g/mol. The number of amides is 1. The summed E-state index contributed by atoms with van der Waals surface area (Å²) in [6.07, 6.45) is -1.11. The first-order valence-corrected chi connectivity index (χ1v) is 15.1. The Bertz CT molecular complexity index is 2410. The van der Waals surface area contributed by atoms with Gasteiger partial charge in [-0.15, -0.1) is 0 Å². The second-order valence-corrected chi connectivity index (χ2v) is 12.0. The molecule has 55 heavy (non-hydrogen) atoms. The van der Waals surface area contributed by atoms with Crippen LogP contribution in [0.3, 0.4) is 0 Å². The molecule has 1 amide bonds. The van der Waals surface area contributed by atoms with Crippen molar-refractivity contribution in [2.45, 2.75) is 41.7 Å². The molecule has 3 N–H and O–H groups in total. The molecule has 0 unspecified atom stereocenters. The van der Waals surface area contributed by atoms with E-state index in [-0.39, 0.29) is 27.9 Å². The highest BCUT2D eigenvalue weighted by Gasteiger charge is 2.94. The van der Waals surface area contributed by atoms with Crippen LogP contribution < -0.4 is 5.32 Å². The maximum absolute atomic E-state index is 14.9. The second kappa shape index (κ2) is 12.7. The molecule has 0 radical (unpaired) electrons. The number of aromatic amines is 2. The van der Waals surface area contributed by atoms with E-state index in [0.717, 1.165) is 23.5 Å². The SMILES string of the molecule is O=C(Nc1ccccc1-c1cc2cc3ccc(cc4nc(cc5nc(cc1[nH]2)C=C5)C=C4)[nH]3)C(F)(F)C(F)(F)C(F)(F)C(F)(F)C(F)(F)C(F)(F)C(F)(F)F. The van der Waals surface area contributed by atoms with Gasteiger partial charge in [-0.25, -0.2) is 9.97 Å². The number of aromatic nitrogens is 4. The van der Waals surface area contributed by atoms with E-state index in [1.54, 1.807) is 54.6 Å². The van der Waals surface area contributed by atoms with Gasteiger partial charge in [0.1, 0.15) is 0 Å². The molecule has 0 aliphatic carbocycles. The molecule has 6 nitrogen and oxygen atoms in total. The largest absolute Gasteiger partial charge is 0.460 e. The Labute approximate surface area is 296 Å². The number of carbonyl (C=O) groups is 1. The van der Waals surface area contributed by atoms with Crippen molar-refractivity contribution in [1.29, 1.82) is 0 Å². The fourth-order valence-electron chi connectivity index (χ4n) is 5.38. The number of hydrogen-bond donors (Lipinski definition) is 3. The molecule has 2 aliphatic heterocycles. The lowest BCUT2D eigenvalue weighted by atomic mass is 9.90. The van der Waals surface area contributed by atoms with Crippen molar-refractivity contribution < 1.29 is 70.7 Å². The molecule has 3 aromatic heterocycles. The number of para-hydroxylation sites is 1. The molecule has 6 rings (SSSR count). The van der Waals surface area contributed by atoms with Crippen LogP contribution in [0.15, 0.2) is 66.7 Å². The van der Waals surface area contributed by atoms with Crippen LogP contribution in [0.4, 0.5) is 71.5 Å². The predicted octanol–water partition coefficient (Wildman–Crippen LogP) is 10.6. The van der Waals surface area contributed by atoms with Gasteiger partial charge >= 0.3 is 47.6 Å². The molecule has 1 aromatic carbocycles. The quantitative estimate of drug-likeness (QED) is 0.134. The lowest BCUT2D eigenvalue weighted by Gasteiger charge is -2.41. The molecule has 0 spiro atoms. The van der Waals surface area contributed by atoms with Crippen molar-refractivity contribution in [2.24, 2.45) is 0 Å². The van der Waals surface area contributed by atoms with Crippen LogP contribution >= 0.6 is 0 Å². The number of alkyl halides is 15. The summed E-state index contributed by atoms with van der Waals surface area (Å²) in [6, 6.07) is 15.1. The first kappa shape index (κ1) is 38.9. The summed E-state index contributed by atoms with van der Waals surface area (Å²) < 4.78 is 207. The highest BCUT2D eigenvalue weighted by atomic mass is 19.4. The van der Waals surface area contributed by atoms with Crippen LogP contribution in [-0.2, 0) is 4.79 Å². The van der Waals surface area contributed by atoms with Crippen molar-refractivity contribution in [1.82, 2.24) is 19.9 Å². The molecule has 0 atom stereocenters. The predicted molar refractivity (Wildman–Crippen MR) is 169 cm³/mol. The Morgan fingerprint density at radius 3 is 1.56 bits per heavy atom. The van der Waals surface area contributed by atoms with E-state index in [2.05, 4.69) is 19.9 Å². The minimum Gasteiger partial charge on any atom is -0.355 e. The molecule has 0 fully saturated rings. The first-order chi connectivity index (χ1) is 25.3. The molecule has 4 aromatic rings. The van der Waals surface area contributed by atoms with Crippen LogP contribution in [0, 0.1) is 0 Å². The number of anilines is 1. The van der Waals surface area contributed by atoms with Gasteiger partial charge in [-0.3, -0.25) is 4.79 Å². The Kier molecular flexibility index (Phi) is 8.96. The second-order valence-electron chi connectivity index (χ2n) is 12.0. The van der Waals surface area contributed by atoms with Crippen molar-refractivity contribution >= 4 is 58.0 Å². The molecule has 0 saturated carbocycles. The number of halogens is 15. The van der Waals surface area contributed by atoms with Crippen molar-refractivity contribution in [2.75, 3.05) is 5.32 Å². The van der Waals surface area contributed by atoms with Crippen LogP contribution in [0.2, 0.25) is 0 Å². The van der Waals surface area contributed by atoms with E-state index in [0.29, 0.717) is 28.1 Å². The Morgan fingerprint density at radius 1 is 0.491 bits per heavy atom. The molecule has 2 aliphatic rings. The molecule has 8 bridgehead atoms. The third-order valence-electron chi connectivity index (χ3n) is 8.25. The maximum Gasteiger partial charge on any atom is 0.460 e. The zero-order valence-electron chi connectivity index (χ0n) is 26.6. The summed E-state index contributed by atoms with van der Waals surface area (Å²) in [7, 11) is 0. The van der Waals surface area contributed by atoms with Crippen molar-refractivity contribution in [3.63, 3.8) is 0 Å². The number of rotatable bonds is 8. The summed E-state index contributed by atoms with van der Waals surface area (Å²) >= 11 is 0. The average molecular weight is 798 g/mol. The van der Waals surface area contributed by atoms with E-state index in [1.807, 2.05) is 0 Å². The van der Waals surface area contributed by atoms with Crippen LogP contribution in [0.25, 0.3) is 57.5 Å². The summed E-state index contributed by atoms with van der Waals surface area (Å²) in [6.45, 7) is 0. The average Bonchev–Trinajstić information content (AvgIpc) is 3.90. The van der Waals surface area contributed by atoms with Gasteiger partial charge in [-0.2, -0.15) is 65.9 Å². The van der Waals surface area contributed by atoms with Gasteiger partial charge in [0.25, 0.3) is 0 Å². The van der Waals surface area contributed by atoms with Gasteiger partial charge in [0.2, 0.25) is 0 Å². The van der Waals surface area contributed by atoms with E-state index in [1.165, 1.54) is 18.2 Å². The van der Waals surface area contributed by atoms with Gasteiger partial charge in [0.15, 0.2) is 0 Å². The lowest BCUT2D eigenvalue weighted by molar-refractivity contribution is -0.449. The molecule has 21 heteroatoms. The minimum atomic E-state index is -8.53.